The number of hydrogen-bond donors (Lipinski definition) is 0. The Hall–Kier alpha value is -7.95. The van der Waals surface area contributed by atoms with E-state index in [-0.39, 0.29) is 98.2 Å². The summed E-state index contributed by atoms with van der Waals surface area (Å²) in [6.45, 7) is 16.3. The highest BCUT2D eigenvalue weighted by Crippen LogP contribution is 2.10. The Labute approximate surface area is 652 Å². The Balaban J connectivity index is 1.23. The molecule has 0 bridgehead atoms. The van der Waals surface area contributed by atoms with E-state index in [1.807, 2.05) is 0 Å². The van der Waals surface area contributed by atoms with E-state index in [0.29, 0.717) is 148 Å². The average Bonchev–Trinajstić information content (AvgIpc) is 0.795. The van der Waals surface area contributed by atoms with Crippen molar-refractivity contribution in [1.82, 2.24) is 68.5 Å². The van der Waals surface area contributed by atoms with Crippen molar-refractivity contribution in [3.8, 4) is 0 Å². The number of nitrogens with zero attached hydrogens (tertiary/aromatic N) is 15. The van der Waals surface area contributed by atoms with E-state index >= 15 is 0 Å². The predicted octanol–water partition coefficient (Wildman–Crippen LogP) is 9.22. The molecule has 5 aromatic heterocycles. The first-order valence-electron chi connectivity index (χ1n) is 43.5. The lowest BCUT2D eigenvalue weighted by Gasteiger charge is -2.15. The van der Waals surface area contributed by atoms with E-state index in [2.05, 4.69) is 48.5 Å². The minimum atomic E-state index is -0.731. The molecule has 111 heavy (non-hydrogen) atoms. The van der Waals surface area contributed by atoms with Gasteiger partial charge in [-0.1, -0.05) is 235 Å². The fourth-order valence-electron chi connectivity index (χ4n) is 14.7. The summed E-state index contributed by atoms with van der Waals surface area (Å²) in [5, 5.41) is 0. The van der Waals surface area contributed by atoms with Crippen LogP contribution in [-0.4, -0.2) is 68.5 Å². The monoisotopic (exact) mass is 1560 g/mol. The summed E-state index contributed by atoms with van der Waals surface area (Å²) < 4.78 is 17.2. The second-order valence-corrected chi connectivity index (χ2v) is 30.6. The minimum Gasteiger partial charge on any atom is -0.247 e. The molecule has 0 fully saturated rings. The molecule has 0 saturated carbocycles. The van der Waals surface area contributed by atoms with E-state index in [1.165, 1.54) is 18.3 Å². The van der Waals surface area contributed by atoms with Crippen molar-refractivity contribution in [2.24, 2.45) is 0 Å². The maximum absolute atomic E-state index is 14.2. The second kappa shape index (κ2) is 52.4. The van der Waals surface area contributed by atoms with Crippen molar-refractivity contribution in [2.75, 3.05) is 0 Å². The van der Waals surface area contributed by atoms with Crippen molar-refractivity contribution in [1.29, 1.82) is 0 Å². The quantitative estimate of drug-likeness (QED) is 0.0327. The van der Waals surface area contributed by atoms with Gasteiger partial charge in [-0.15, -0.1) is 0 Å². The fourth-order valence-corrected chi connectivity index (χ4v) is 14.7. The van der Waals surface area contributed by atoms with Crippen LogP contribution in [0.3, 0.4) is 0 Å². The van der Waals surface area contributed by atoms with Crippen LogP contribution >= 0.6 is 0 Å². The molecule has 30 nitrogen and oxygen atoms in total. The molecule has 0 atom stereocenters. The lowest BCUT2D eigenvalue weighted by Crippen LogP contribution is -2.54. The zero-order valence-electron chi connectivity index (χ0n) is 69.1. The lowest BCUT2D eigenvalue weighted by molar-refractivity contribution is 0.397. The number of unbranched alkanes of at least 4 members (excludes halogenated alkanes) is 33. The van der Waals surface area contributed by atoms with Crippen LogP contribution in [-0.2, 0) is 98.2 Å². The SMILES string of the molecule is CCCCCCn1c(=O)n(CCCCCC)c(=O)n(CCCCCCn2c(=O)n(CCCCCC)c(=O)n(CCCCCCn3c(=O)n(CCCCCC)c(=O)n(CCCCCCn4c(=O)n(CCCCCC)c(=O)n(CCCCCCn5c(=O)n(CCCCCC)c(=O)n(CCCCCC)c5=O)c4=O)c3=O)c2=O)c1=O. The Morgan fingerprint density at radius 2 is 0.171 bits per heavy atom. The molecule has 0 radical (unpaired) electrons. The first kappa shape index (κ1) is 93.6. The number of aromatic nitrogens is 15. The zero-order valence-corrected chi connectivity index (χ0v) is 69.1. The molecular weight excluding hydrogens is 1420 g/mol. The summed E-state index contributed by atoms with van der Waals surface area (Å²) in [7, 11) is 0. The van der Waals surface area contributed by atoms with Crippen LogP contribution in [0.5, 0.6) is 0 Å². The predicted molar refractivity (Wildman–Crippen MR) is 439 cm³/mol. The number of rotatable bonds is 63. The van der Waals surface area contributed by atoms with Gasteiger partial charge in [0.2, 0.25) is 0 Å². The Kier molecular flexibility index (Phi) is 44.2. The van der Waals surface area contributed by atoms with Crippen LogP contribution < -0.4 is 85.3 Å². The molecule has 0 aliphatic carbocycles. The summed E-state index contributed by atoms with van der Waals surface area (Å²) in [5.41, 5.74) is -9.81. The molecule has 0 N–H and O–H groups in total. The highest BCUT2D eigenvalue weighted by molar-refractivity contribution is 4.86. The van der Waals surface area contributed by atoms with Gasteiger partial charge in [-0.05, 0) is 96.3 Å². The standard InChI is InChI=1S/C81H139N15O15/c1-8-15-22-37-52-82-67(97)83(53-38-23-16-9-2)70(100)89(69(82)99)59-44-29-31-46-61-91-73(103)86(56-41-26-19-12-5)75(105)93(79(91)109)63-48-33-35-50-65-95-77(107)88(58-43-28-21-14-7)78(108)96(81(95)111)66-51-36-34-49-64-94-76(106)87(57-42-27-20-13-6)74(104)92(80(94)110)62-47-32-30-45-60-90-71(101)84(54-39-24-17-10-3)68(98)85(72(90)102)55-40-25-18-11-4/h8-66H2,1-7H3. The minimum absolute atomic E-state index is 0.0125. The van der Waals surface area contributed by atoms with Gasteiger partial charge < -0.3 is 0 Å². The van der Waals surface area contributed by atoms with Crippen LogP contribution in [0.2, 0.25) is 0 Å². The third kappa shape index (κ3) is 28.3. The van der Waals surface area contributed by atoms with Crippen molar-refractivity contribution in [3.05, 3.63) is 157 Å². The molecular formula is C81H139N15O15. The summed E-state index contributed by atoms with van der Waals surface area (Å²) in [4.78, 5) is 208. The average molecular weight is 1560 g/mol. The van der Waals surface area contributed by atoms with Crippen molar-refractivity contribution >= 4 is 0 Å². The van der Waals surface area contributed by atoms with E-state index in [4.69, 9.17) is 0 Å². The van der Waals surface area contributed by atoms with Crippen molar-refractivity contribution in [2.45, 2.75) is 429 Å². The van der Waals surface area contributed by atoms with Gasteiger partial charge in [-0.3, -0.25) is 0 Å². The highest BCUT2D eigenvalue weighted by Gasteiger charge is 2.22. The number of hydrogen-bond acceptors (Lipinski definition) is 15. The van der Waals surface area contributed by atoms with Gasteiger partial charge in [-0.2, -0.15) is 0 Å². The van der Waals surface area contributed by atoms with E-state index < -0.39 is 85.3 Å². The van der Waals surface area contributed by atoms with Crippen LogP contribution in [0.1, 0.15) is 331 Å². The maximum atomic E-state index is 14.2. The summed E-state index contributed by atoms with van der Waals surface area (Å²) in [6.07, 6.45) is 31.0. The molecule has 30 heteroatoms. The van der Waals surface area contributed by atoms with E-state index in [1.54, 1.807) is 0 Å². The Morgan fingerprint density at radius 3 is 0.234 bits per heavy atom. The molecule has 0 aromatic carbocycles. The normalized spacial score (nSPS) is 11.7. The van der Waals surface area contributed by atoms with Gasteiger partial charge in [0, 0.05) is 98.2 Å². The van der Waals surface area contributed by atoms with Crippen LogP contribution in [0.25, 0.3) is 0 Å². The van der Waals surface area contributed by atoms with Crippen LogP contribution in [0.15, 0.2) is 71.9 Å². The molecule has 5 aromatic rings. The molecule has 0 aliphatic rings. The first-order chi connectivity index (χ1) is 53.7. The molecule has 0 unspecified atom stereocenters. The summed E-state index contributed by atoms with van der Waals surface area (Å²) in [5.74, 6) is 0. The van der Waals surface area contributed by atoms with Gasteiger partial charge in [-0.25, -0.2) is 140 Å². The zero-order chi connectivity index (χ0) is 81.0. The first-order valence-corrected chi connectivity index (χ1v) is 43.5. The van der Waals surface area contributed by atoms with Gasteiger partial charge in [0.1, 0.15) is 0 Å². The van der Waals surface area contributed by atoms with Gasteiger partial charge in [0.25, 0.3) is 0 Å². The smallest absolute Gasteiger partial charge is 0.247 e. The summed E-state index contributed by atoms with van der Waals surface area (Å²) in [6, 6.07) is 0. The fraction of sp³-hybridized carbons (Fsp3) is 0.815. The molecule has 5 rings (SSSR count). The third-order valence-electron chi connectivity index (χ3n) is 21.6. The maximum Gasteiger partial charge on any atom is 0.336 e. The molecule has 0 amide bonds. The van der Waals surface area contributed by atoms with Gasteiger partial charge >= 0.3 is 85.3 Å². The van der Waals surface area contributed by atoms with Gasteiger partial charge in [0.15, 0.2) is 0 Å². The molecule has 628 valence electrons. The van der Waals surface area contributed by atoms with Crippen molar-refractivity contribution < 1.29 is 0 Å². The van der Waals surface area contributed by atoms with E-state index in [9.17, 15) is 71.9 Å². The molecule has 0 aliphatic heterocycles. The van der Waals surface area contributed by atoms with Gasteiger partial charge in [0.05, 0.1) is 0 Å². The molecule has 0 spiro atoms. The third-order valence-corrected chi connectivity index (χ3v) is 21.6. The topological polar surface area (TPSA) is 330 Å². The largest absolute Gasteiger partial charge is 0.336 e. The second-order valence-electron chi connectivity index (χ2n) is 30.6. The lowest BCUT2D eigenvalue weighted by atomic mass is 10.2. The molecule has 5 heterocycles. The summed E-state index contributed by atoms with van der Waals surface area (Å²) >= 11 is 0. The Morgan fingerprint density at radius 1 is 0.108 bits per heavy atom. The molecule has 0 saturated heterocycles. The van der Waals surface area contributed by atoms with E-state index in [0.717, 1.165) is 185 Å². The highest BCUT2D eigenvalue weighted by atomic mass is 16.2. The Bertz CT molecular complexity index is 4210. The van der Waals surface area contributed by atoms with Crippen LogP contribution in [0.4, 0.5) is 0 Å². The van der Waals surface area contributed by atoms with Crippen LogP contribution in [0, 0.1) is 0 Å². The van der Waals surface area contributed by atoms with Crippen molar-refractivity contribution in [3.63, 3.8) is 0 Å².